The van der Waals surface area contributed by atoms with Crippen molar-refractivity contribution in [3.05, 3.63) is 0 Å². The van der Waals surface area contributed by atoms with Gasteiger partial charge in [-0.3, -0.25) is 0 Å². The number of rotatable bonds is 0. The van der Waals surface area contributed by atoms with E-state index in [1.165, 1.54) is 0 Å². The molecule has 0 bridgehead atoms. The summed E-state index contributed by atoms with van der Waals surface area (Å²) in [5.41, 5.74) is 0. The van der Waals surface area contributed by atoms with Gasteiger partial charge in [-0.2, -0.15) is 0 Å². The third kappa shape index (κ3) is 834. The van der Waals surface area contributed by atoms with Crippen molar-refractivity contribution in [2.24, 2.45) is 0 Å². The first kappa shape index (κ1) is 6.23. The molecule has 6 heavy (non-hydrogen) atoms. The van der Waals surface area contributed by atoms with Gasteiger partial charge in [-0.15, -0.1) is 0 Å². The normalized spacial score (nSPS) is 19.2. The van der Waals surface area contributed by atoms with Crippen LogP contribution < -0.4 is 4.89 Å². The Morgan fingerprint density at radius 2 is 1.00 bits per heavy atom. The Kier molecular flexibility index (Phi) is 0.928. The molecule has 0 heterocycles. The summed E-state index contributed by atoms with van der Waals surface area (Å²) in [4.78, 5) is 37.9. The van der Waals surface area contributed by atoms with Crippen molar-refractivity contribution in [2.45, 2.75) is 0 Å². The van der Waals surface area contributed by atoms with Crippen LogP contribution in [0.15, 0.2) is 0 Å². The molecule has 40 valence electrons. The minimum absolute atomic E-state index is 6.30. The molecule has 0 saturated carbocycles. The molecular weight excluding hydrogens is 111 g/mol. The Morgan fingerprint density at radius 1 is 1.00 bits per heavy atom. The van der Waals surface area contributed by atoms with Gasteiger partial charge in [0.15, 0.2) is 0 Å². The zero-order chi connectivity index (χ0) is 5.45. The molecule has 0 radical (unpaired) electrons. The number of hydrogen-bond donors (Lipinski definition) is 4. The molecule has 0 saturated heterocycles. The van der Waals surface area contributed by atoms with E-state index in [9.17, 15) is 0 Å². The van der Waals surface area contributed by atoms with E-state index in [1.54, 1.807) is 0 Å². The van der Waals surface area contributed by atoms with Crippen LogP contribution >= 0.6 is 7.74 Å². The third-order valence-corrected chi connectivity index (χ3v) is 0. The fourth-order valence-corrected chi connectivity index (χ4v) is 0. The Morgan fingerprint density at radius 3 is 1.00 bits per heavy atom. The molecule has 5 nitrogen and oxygen atoms in total. The standard InChI is InChI=1S/H4O5P/c1-6(2,3,4)5/h1-4H/q-1. The van der Waals surface area contributed by atoms with Gasteiger partial charge in [0.2, 0.25) is 0 Å². The molecule has 0 aromatic heterocycles. The average Bonchev–Trinajstić information content (AvgIpc) is 0.650. The molecule has 0 aliphatic rings. The van der Waals surface area contributed by atoms with E-state index >= 15 is 0 Å². The molecule has 0 aliphatic carbocycles. The van der Waals surface area contributed by atoms with Crippen molar-refractivity contribution >= 4 is 7.74 Å². The van der Waals surface area contributed by atoms with E-state index in [4.69, 9.17) is 24.5 Å². The van der Waals surface area contributed by atoms with Crippen LogP contribution in [-0.4, -0.2) is 19.6 Å². The monoisotopic (exact) mass is 115 g/mol. The quantitative estimate of drug-likeness (QED) is 0.260. The van der Waals surface area contributed by atoms with E-state index in [1.807, 2.05) is 0 Å². The van der Waals surface area contributed by atoms with Crippen molar-refractivity contribution in [1.29, 1.82) is 0 Å². The predicted octanol–water partition coefficient (Wildman–Crippen LogP) is -2.56. The molecule has 0 amide bonds. The van der Waals surface area contributed by atoms with Gasteiger partial charge < -0.3 is 0 Å². The van der Waals surface area contributed by atoms with Gasteiger partial charge in [0, 0.05) is 0 Å². The SMILES string of the molecule is [O-]P(O)(O)(O)O. The maximum absolute atomic E-state index is 9.03. The van der Waals surface area contributed by atoms with E-state index in [0.717, 1.165) is 0 Å². The molecule has 0 rings (SSSR count). The van der Waals surface area contributed by atoms with Gasteiger partial charge in [0.1, 0.15) is 0 Å². The first-order valence-electron chi connectivity index (χ1n) is 0.983. The van der Waals surface area contributed by atoms with E-state index in [2.05, 4.69) is 0 Å². The zero-order valence-electron chi connectivity index (χ0n) is 2.64. The summed E-state index contributed by atoms with van der Waals surface area (Å²) in [5.74, 6) is 0. The third-order valence-electron chi connectivity index (χ3n) is 0. The van der Waals surface area contributed by atoms with Crippen molar-refractivity contribution in [3.63, 3.8) is 0 Å². The molecule has 0 unspecified atom stereocenters. The first-order valence-corrected chi connectivity index (χ1v) is 2.95. The van der Waals surface area contributed by atoms with E-state index in [0.29, 0.717) is 0 Å². The van der Waals surface area contributed by atoms with Gasteiger partial charge in [-0.05, 0) is 0 Å². The van der Waals surface area contributed by atoms with Crippen LogP contribution in [0.2, 0.25) is 0 Å². The molecule has 0 spiro atoms. The molecule has 6 heteroatoms. The van der Waals surface area contributed by atoms with Crippen molar-refractivity contribution < 1.29 is 24.5 Å². The predicted molar refractivity (Wildman–Crippen MR) is 15.8 cm³/mol. The Hall–Kier alpha value is 0.230. The molecular formula is H4O5P-. The molecule has 0 fully saturated rings. The molecule has 4 N–H and O–H groups in total. The molecule has 0 aromatic carbocycles. The maximum atomic E-state index is 9.03. The summed E-state index contributed by atoms with van der Waals surface area (Å²) in [5, 5.41) is 0. The Labute approximate surface area is 33.4 Å². The summed E-state index contributed by atoms with van der Waals surface area (Å²) in [6.45, 7) is 0. The van der Waals surface area contributed by atoms with Gasteiger partial charge in [0.25, 0.3) is 0 Å². The van der Waals surface area contributed by atoms with E-state index in [-0.39, 0.29) is 0 Å². The summed E-state index contributed by atoms with van der Waals surface area (Å²) < 4.78 is 0. The molecule has 0 atom stereocenters. The summed E-state index contributed by atoms with van der Waals surface area (Å²) in [7, 11) is -6.30. The Bertz CT molecular complexity index is 37.1. The van der Waals surface area contributed by atoms with Gasteiger partial charge in [-0.25, -0.2) is 0 Å². The van der Waals surface area contributed by atoms with Gasteiger partial charge in [0.05, 0.1) is 0 Å². The van der Waals surface area contributed by atoms with Crippen LogP contribution in [0, 0.1) is 0 Å². The van der Waals surface area contributed by atoms with Crippen LogP contribution in [0.4, 0.5) is 0 Å². The second-order valence-corrected chi connectivity index (χ2v) is 2.59. The Balaban J connectivity index is 3.73. The average molecular weight is 115 g/mol. The number of hydrogen-bond acceptors (Lipinski definition) is 5. The van der Waals surface area contributed by atoms with Gasteiger partial charge in [-0.1, -0.05) is 0 Å². The van der Waals surface area contributed by atoms with E-state index < -0.39 is 7.74 Å². The van der Waals surface area contributed by atoms with Crippen LogP contribution in [-0.2, 0) is 0 Å². The fourth-order valence-electron chi connectivity index (χ4n) is 0. The fraction of sp³-hybridized carbons (Fsp3) is 0. The molecule has 0 aromatic rings. The second-order valence-electron chi connectivity index (χ2n) is 0.863. The van der Waals surface area contributed by atoms with Crippen LogP contribution in [0.5, 0.6) is 0 Å². The topological polar surface area (TPSA) is 104 Å². The van der Waals surface area contributed by atoms with Crippen molar-refractivity contribution in [3.8, 4) is 0 Å². The van der Waals surface area contributed by atoms with Crippen LogP contribution in [0.1, 0.15) is 0 Å². The summed E-state index contributed by atoms with van der Waals surface area (Å²) in [6.07, 6.45) is 0. The van der Waals surface area contributed by atoms with Crippen molar-refractivity contribution in [1.82, 2.24) is 0 Å². The summed E-state index contributed by atoms with van der Waals surface area (Å²) >= 11 is 0. The zero-order valence-corrected chi connectivity index (χ0v) is 3.54. The van der Waals surface area contributed by atoms with Crippen LogP contribution in [0.3, 0.4) is 0 Å². The minimum atomic E-state index is -6.30. The van der Waals surface area contributed by atoms with Crippen molar-refractivity contribution in [2.75, 3.05) is 0 Å². The second kappa shape index (κ2) is 0.894. The summed E-state index contributed by atoms with van der Waals surface area (Å²) in [6, 6.07) is 0. The molecule has 0 aliphatic heterocycles. The first-order chi connectivity index (χ1) is 2.24. The van der Waals surface area contributed by atoms with Crippen LogP contribution in [0.25, 0.3) is 0 Å². The van der Waals surface area contributed by atoms with Gasteiger partial charge >= 0.3 is 32.2 Å².